The minimum absolute atomic E-state index is 0.0396. The van der Waals surface area contributed by atoms with Crippen LogP contribution < -0.4 is 4.74 Å². The van der Waals surface area contributed by atoms with Crippen molar-refractivity contribution in [3.63, 3.8) is 0 Å². The van der Waals surface area contributed by atoms with Crippen LogP contribution in [0.25, 0.3) is 0 Å². The largest absolute Gasteiger partial charge is 0.497 e. The van der Waals surface area contributed by atoms with E-state index < -0.39 is 67.9 Å². The molecule has 3 saturated heterocycles. The van der Waals surface area contributed by atoms with Crippen LogP contribution in [-0.2, 0) is 74.7 Å². The van der Waals surface area contributed by atoms with Crippen molar-refractivity contribution in [1.29, 1.82) is 0 Å². The third-order valence-corrected chi connectivity index (χ3v) is 19.4. The van der Waals surface area contributed by atoms with E-state index in [9.17, 15) is 19.5 Å². The summed E-state index contributed by atoms with van der Waals surface area (Å²) in [6.45, 7) is 27.5. The van der Waals surface area contributed by atoms with E-state index in [0.29, 0.717) is 57.1 Å². The lowest BCUT2D eigenvalue weighted by atomic mass is 9.73. The van der Waals surface area contributed by atoms with Crippen molar-refractivity contribution >= 4 is 26.2 Å². The first-order valence-corrected chi connectivity index (χ1v) is 29.2. The number of hydrogen-bond donors (Lipinski definition) is 1. The maximum Gasteiger partial charge on any atom is 0.330 e. The average molecular weight is 1060 g/mol. The van der Waals surface area contributed by atoms with Crippen LogP contribution in [-0.4, -0.2) is 120 Å². The lowest BCUT2D eigenvalue weighted by Gasteiger charge is -2.53. The lowest BCUT2D eigenvalue weighted by molar-refractivity contribution is -0.338. The quantitative estimate of drug-likeness (QED) is 0.0235. The van der Waals surface area contributed by atoms with E-state index in [4.69, 9.17) is 51.8 Å². The molecular formula is C59H86O15Si. The van der Waals surface area contributed by atoms with E-state index in [1.165, 1.54) is 27.2 Å². The van der Waals surface area contributed by atoms with Crippen LogP contribution in [0.2, 0.25) is 18.1 Å². The smallest absolute Gasteiger partial charge is 0.330 e. The minimum Gasteiger partial charge on any atom is -0.497 e. The zero-order valence-corrected chi connectivity index (χ0v) is 47.7. The predicted octanol–water partition coefficient (Wildman–Crippen LogP) is 11.1. The molecule has 75 heavy (non-hydrogen) atoms. The number of carbonyl (C=O) groups excluding carboxylic acids is 2. The molecule has 0 aromatic heterocycles. The SMILES string of the molecule is C=C1C[C@H](C[C@@H]2CC(=C)C[C@H](C=CC(C)(C)[C@]3(OC)O[C@H](C[C@@H](O[Si](C)(C)C(C)(C)C)[C@@H](C)OCOCc4ccccc4)CC(=CC(=O)OC)[C@@H]3OC(C)=O)O2)O[C@H](CC(CC(=O)O)OCc2ccc(OC)cc2)C1. The van der Waals surface area contributed by atoms with Gasteiger partial charge in [0, 0.05) is 44.8 Å². The van der Waals surface area contributed by atoms with Gasteiger partial charge in [0.1, 0.15) is 12.5 Å². The molecule has 3 heterocycles. The summed E-state index contributed by atoms with van der Waals surface area (Å²) in [5.74, 6) is -3.08. The average Bonchev–Trinajstić information content (AvgIpc) is 3.33. The predicted molar refractivity (Wildman–Crippen MR) is 288 cm³/mol. The molecule has 3 fully saturated rings. The fourth-order valence-corrected chi connectivity index (χ4v) is 11.3. The molecule has 16 heteroatoms. The van der Waals surface area contributed by atoms with E-state index in [-0.39, 0.29) is 55.7 Å². The van der Waals surface area contributed by atoms with Gasteiger partial charge < -0.3 is 56.9 Å². The Labute approximate surface area is 447 Å². The first-order valence-electron chi connectivity index (χ1n) is 26.2. The molecule has 1 N–H and O–H groups in total. The van der Waals surface area contributed by atoms with E-state index in [0.717, 1.165) is 28.0 Å². The number of carboxylic acids is 1. The molecule has 5 rings (SSSR count). The van der Waals surface area contributed by atoms with Crippen molar-refractivity contribution in [2.45, 2.75) is 198 Å². The Kier molecular flexibility index (Phi) is 22.7. The van der Waals surface area contributed by atoms with Crippen LogP contribution in [0.1, 0.15) is 117 Å². The van der Waals surface area contributed by atoms with Crippen LogP contribution in [0.3, 0.4) is 0 Å². The van der Waals surface area contributed by atoms with Crippen LogP contribution in [0.4, 0.5) is 0 Å². The molecule has 3 aliphatic heterocycles. The van der Waals surface area contributed by atoms with E-state index >= 15 is 0 Å². The third kappa shape index (κ3) is 18.0. The van der Waals surface area contributed by atoms with Crippen molar-refractivity contribution < 1.29 is 71.3 Å². The molecule has 2 aromatic carbocycles. The number of carbonyl (C=O) groups is 3. The van der Waals surface area contributed by atoms with Gasteiger partial charge in [-0.3, -0.25) is 9.59 Å². The Morgan fingerprint density at radius 3 is 2.08 bits per heavy atom. The summed E-state index contributed by atoms with van der Waals surface area (Å²) >= 11 is 0. The maximum absolute atomic E-state index is 13.1. The van der Waals surface area contributed by atoms with Gasteiger partial charge in [-0.05, 0) is 86.0 Å². The molecule has 0 bridgehead atoms. The molecule has 15 nitrogen and oxygen atoms in total. The minimum atomic E-state index is -2.41. The second-order valence-electron chi connectivity index (χ2n) is 22.4. The monoisotopic (exact) mass is 1060 g/mol. The van der Waals surface area contributed by atoms with Crippen LogP contribution >= 0.6 is 0 Å². The molecule has 0 saturated carbocycles. The number of hydrogen-bond acceptors (Lipinski definition) is 14. The number of benzene rings is 2. The highest BCUT2D eigenvalue weighted by Crippen LogP contribution is 2.50. The zero-order chi connectivity index (χ0) is 55.1. The van der Waals surface area contributed by atoms with Gasteiger partial charge in [0.05, 0.1) is 82.7 Å². The van der Waals surface area contributed by atoms with Gasteiger partial charge in [-0.2, -0.15) is 0 Å². The molecule has 1 unspecified atom stereocenters. The van der Waals surface area contributed by atoms with E-state index in [2.05, 4.69) is 47.0 Å². The van der Waals surface area contributed by atoms with Crippen molar-refractivity contribution in [1.82, 2.24) is 0 Å². The van der Waals surface area contributed by atoms with Crippen LogP contribution in [0.5, 0.6) is 5.75 Å². The fraction of sp³-hybridized carbons (Fsp3) is 0.610. The maximum atomic E-state index is 13.1. The molecule has 416 valence electrons. The Hall–Kier alpha value is -4.49. The van der Waals surface area contributed by atoms with Gasteiger partial charge in [-0.15, -0.1) is 0 Å². The number of rotatable bonds is 26. The van der Waals surface area contributed by atoms with Crippen molar-refractivity contribution in [2.75, 3.05) is 28.1 Å². The number of carboxylic acid groups (broad SMARTS) is 1. The van der Waals surface area contributed by atoms with Crippen molar-refractivity contribution in [3.05, 3.63) is 114 Å². The summed E-state index contributed by atoms with van der Waals surface area (Å²) in [5, 5.41) is 9.64. The molecule has 2 aromatic rings. The highest BCUT2D eigenvalue weighted by Gasteiger charge is 2.59. The first kappa shape index (κ1) is 61.4. The molecule has 3 aliphatic rings. The van der Waals surface area contributed by atoms with Crippen molar-refractivity contribution in [2.24, 2.45) is 5.41 Å². The van der Waals surface area contributed by atoms with Gasteiger partial charge in [0.15, 0.2) is 14.4 Å². The number of esters is 2. The second-order valence-corrected chi connectivity index (χ2v) is 27.2. The van der Waals surface area contributed by atoms with E-state index in [1.54, 1.807) is 7.11 Å². The fourth-order valence-electron chi connectivity index (χ4n) is 9.87. The summed E-state index contributed by atoms with van der Waals surface area (Å²) < 4.78 is 69.2. The lowest BCUT2D eigenvalue weighted by Crippen LogP contribution is -2.63. The summed E-state index contributed by atoms with van der Waals surface area (Å²) in [6, 6.07) is 17.4. The topological polar surface area (TPSA) is 173 Å². The van der Waals surface area contributed by atoms with Crippen LogP contribution in [0.15, 0.2) is 103 Å². The Bertz CT molecular complexity index is 2250. The summed E-state index contributed by atoms with van der Waals surface area (Å²) in [7, 11) is 2.01. The zero-order valence-electron chi connectivity index (χ0n) is 46.7. The van der Waals surface area contributed by atoms with Gasteiger partial charge in [0.2, 0.25) is 5.79 Å². The van der Waals surface area contributed by atoms with Gasteiger partial charge in [0.25, 0.3) is 0 Å². The van der Waals surface area contributed by atoms with Gasteiger partial charge in [-0.1, -0.05) is 114 Å². The van der Waals surface area contributed by atoms with Crippen molar-refractivity contribution in [3.8, 4) is 5.75 Å². The molecule has 0 radical (unpaired) electrons. The molecule has 0 spiro atoms. The number of aliphatic carboxylic acids is 1. The molecule has 0 amide bonds. The summed E-state index contributed by atoms with van der Waals surface area (Å²) in [5.41, 5.74) is 3.41. The van der Waals surface area contributed by atoms with Gasteiger partial charge >= 0.3 is 17.9 Å². The number of methoxy groups -OCH3 is 3. The molecular weight excluding hydrogens is 977 g/mol. The normalized spacial score (nSPS) is 25.7. The summed E-state index contributed by atoms with van der Waals surface area (Å²) in [4.78, 5) is 38.1. The highest BCUT2D eigenvalue weighted by molar-refractivity contribution is 6.74. The first-order chi connectivity index (χ1) is 35.3. The molecule has 10 atom stereocenters. The third-order valence-electron chi connectivity index (χ3n) is 14.9. The van der Waals surface area contributed by atoms with E-state index in [1.807, 2.05) is 87.5 Å². The Morgan fingerprint density at radius 2 is 1.47 bits per heavy atom. The number of ether oxygens (including phenoxy) is 10. The van der Waals surface area contributed by atoms with Gasteiger partial charge in [-0.25, -0.2) is 4.79 Å². The highest BCUT2D eigenvalue weighted by atomic mass is 28.4. The Balaban J connectivity index is 1.36. The Morgan fingerprint density at radius 1 is 0.827 bits per heavy atom. The van der Waals surface area contributed by atoms with Crippen LogP contribution in [0, 0.1) is 5.41 Å². The second kappa shape index (κ2) is 27.7. The molecule has 0 aliphatic carbocycles. The summed E-state index contributed by atoms with van der Waals surface area (Å²) in [6.07, 6.45) is 4.75. The standard InChI is InChI=1S/C59H86O15Si/c1-39-26-47(71-50(27-39)33-51-29-40(2)28-49(72-51)32-48(35-54(61)62)68-37-44-20-22-46(64-10)23-21-44)24-25-58(8,9)59(66-12)56(70-42(4)60)45(31-55(63)65-11)30-52(73-59)34-53(74-75(13,14)57(5,6)7)41(3)69-38-67-36-43-18-16-15-17-19-43/h15-25,31,41,47-53,56H,1-2,26-30,32-38H2,3-14H3,(H,61,62)/t41-,47+,48?,49+,50+,51-,52+,53-,56+,59-/m1/s1.